The van der Waals surface area contributed by atoms with Crippen molar-refractivity contribution in [1.29, 1.82) is 0 Å². The number of methoxy groups -OCH3 is 2. The number of hydrogen-bond acceptors (Lipinski definition) is 17. The van der Waals surface area contributed by atoms with Crippen LogP contribution in [-0.2, 0) is 66.5 Å². The van der Waals surface area contributed by atoms with E-state index in [1.165, 1.54) is 52.9 Å². The molecule has 3 aliphatic rings. The summed E-state index contributed by atoms with van der Waals surface area (Å²) in [7, 11) is 6.80. The van der Waals surface area contributed by atoms with E-state index in [9.17, 15) is 24.0 Å². The van der Waals surface area contributed by atoms with E-state index in [0.29, 0.717) is 6.42 Å². The Kier molecular flexibility index (Phi) is 17.9. The van der Waals surface area contributed by atoms with Crippen molar-refractivity contribution in [3.05, 3.63) is 30.4 Å². The first-order valence-corrected chi connectivity index (χ1v) is 22.2. The molecule has 0 aliphatic carbocycles. The number of ether oxygens (including phenoxy) is 10. The van der Waals surface area contributed by atoms with E-state index in [-0.39, 0.29) is 42.8 Å². The largest absolute Gasteiger partial charge is 0.457 e. The van der Waals surface area contributed by atoms with Gasteiger partial charge in [-0.1, -0.05) is 20.8 Å². The van der Waals surface area contributed by atoms with Crippen LogP contribution in [-0.4, -0.2) is 151 Å². The summed E-state index contributed by atoms with van der Waals surface area (Å²) in [5.74, 6) is -4.59. The fraction of sp³-hybridized carbons (Fsp3) is 0.783. The van der Waals surface area contributed by atoms with Gasteiger partial charge in [-0.3, -0.25) is 19.2 Å². The number of allylic oxidation sites excluding steroid dienone is 1. The Morgan fingerprint density at radius 1 is 0.891 bits per heavy atom. The Morgan fingerprint density at radius 3 is 2.06 bits per heavy atom. The number of hydrogen-bond donors (Lipinski definition) is 0. The third-order valence-electron chi connectivity index (χ3n) is 13.1. The van der Waals surface area contributed by atoms with Crippen LogP contribution in [0.1, 0.15) is 109 Å². The molecule has 64 heavy (non-hydrogen) atoms. The average Bonchev–Trinajstić information content (AvgIpc) is 3.77. The molecular formula is C46H73N3O15. The molecule has 4 heterocycles. The minimum Gasteiger partial charge on any atom is -0.457 e. The number of likely N-dealkylation sites (N-methyl/N-ethyl adjacent to an activating group) is 1. The summed E-state index contributed by atoms with van der Waals surface area (Å²) in [4.78, 5) is 73.6. The Hall–Kier alpha value is -3.78. The van der Waals surface area contributed by atoms with Gasteiger partial charge >= 0.3 is 24.0 Å². The first kappa shape index (κ1) is 52.8. The van der Waals surface area contributed by atoms with Crippen LogP contribution in [0.25, 0.3) is 0 Å². The predicted molar refractivity (Wildman–Crippen MR) is 231 cm³/mol. The SMILES string of the molecule is CC[C@H]1OC(=O)[C@H](C)[C@@H](O[C@H]2C[C@@](C)(OC)[C@@H](OC(C)=O)[C@H](C)O2)[C@H](C)[C@@H](O[C@@H]2O[C@H](C)C[C@H](N(C)C)[C@H]2OC(C)=O)[C@@](C)(OC)C[C@@H](C)C(=O)/C(C)=C/[C@]1(C)OC(=O)n1ccnc1. The normalized spacial score (nSPS) is 40.1. The summed E-state index contributed by atoms with van der Waals surface area (Å²) >= 11 is 0. The van der Waals surface area contributed by atoms with Gasteiger partial charge in [0.15, 0.2) is 36.2 Å². The summed E-state index contributed by atoms with van der Waals surface area (Å²) in [6, 6.07) is -0.299. The molecule has 4 rings (SSSR count). The van der Waals surface area contributed by atoms with Crippen molar-refractivity contribution in [2.24, 2.45) is 17.8 Å². The minimum atomic E-state index is -1.63. The van der Waals surface area contributed by atoms with Crippen LogP contribution in [0.2, 0.25) is 0 Å². The molecule has 0 spiro atoms. The van der Waals surface area contributed by atoms with Gasteiger partial charge in [-0.15, -0.1) is 0 Å². The minimum absolute atomic E-state index is 0.0849. The summed E-state index contributed by atoms with van der Waals surface area (Å²) in [6.07, 6.45) is -2.27. The van der Waals surface area contributed by atoms with Gasteiger partial charge in [0.1, 0.15) is 18.0 Å². The second-order valence-corrected chi connectivity index (χ2v) is 18.7. The molecule has 16 atom stereocenters. The maximum Gasteiger partial charge on any atom is 0.420 e. The fourth-order valence-electron chi connectivity index (χ4n) is 9.64. The van der Waals surface area contributed by atoms with Gasteiger partial charge in [0.2, 0.25) is 0 Å². The van der Waals surface area contributed by atoms with E-state index in [1.54, 1.807) is 48.5 Å². The van der Waals surface area contributed by atoms with E-state index < -0.39 is 108 Å². The second-order valence-electron chi connectivity index (χ2n) is 18.7. The number of nitrogens with zero attached hydrogens (tertiary/aromatic N) is 3. The standard InChI is InChI=1S/C46H73N3O15/c1-17-34-44(10,64-43(54)49-19-18-47-24-49)21-25(2)36(52)26(3)22-45(11,55-15)39(63-42-38(59-31(8)50)33(48(13)14)20-27(4)57-42)28(5)37(29(6)41(53)61-34)62-35-23-46(12,56-16)40(30(7)58-35)60-32(9)51/h18-19,21,24,26-30,33-35,37-40,42H,17,20,22-23H2,1-16H3/b25-21+/t26-,27-,28+,29-,30+,33+,34-,35+,37+,38-,39-,40+,42+,44+,45+,46-/m1/s1. The van der Waals surface area contributed by atoms with Crippen LogP contribution < -0.4 is 0 Å². The molecule has 1 aromatic heterocycles. The lowest BCUT2D eigenvalue weighted by Gasteiger charge is -2.50. The van der Waals surface area contributed by atoms with Crippen molar-refractivity contribution in [2.45, 2.75) is 187 Å². The van der Waals surface area contributed by atoms with Crippen molar-refractivity contribution < 1.29 is 71.3 Å². The third-order valence-corrected chi connectivity index (χ3v) is 13.1. The lowest BCUT2D eigenvalue weighted by Crippen LogP contribution is -2.61. The van der Waals surface area contributed by atoms with Crippen LogP contribution in [0.15, 0.2) is 30.4 Å². The number of Topliss-reactive ketones (excluding diaryl/α,β-unsaturated/α-hetero) is 1. The zero-order chi connectivity index (χ0) is 48.1. The monoisotopic (exact) mass is 908 g/mol. The van der Waals surface area contributed by atoms with Gasteiger partial charge in [-0.2, -0.15) is 0 Å². The molecule has 2 saturated heterocycles. The Labute approximate surface area is 378 Å². The van der Waals surface area contributed by atoms with Gasteiger partial charge in [0, 0.05) is 58.7 Å². The number of ketones is 1. The van der Waals surface area contributed by atoms with Crippen molar-refractivity contribution in [2.75, 3.05) is 28.3 Å². The highest BCUT2D eigenvalue weighted by Gasteiger charge is 2.54. The Balaban J connectivity index is 1.93. The molecule has 0 N–H and O–H groups in total. The maximum absolute atomic E-state index is 14.8. The zero-order valence-corrected chi connectivity index (χ0v) is 40.6. The molecule has 2 fully saturated rings. The molecule has 0 aromatic carbocycles. The van der Waals surface area contributed by atoms with E-state index in [1.807, 2.05) is 39.8 Å². The fourth-order valence-corrected chi connectivity index (χ4v) is 9.64. The highest BCUT2D eigenvalue weighted by molar-refractivity contribution is 5.96. The van der Waals surface area contributed by atoms with E-state index in [4.69, 9.17) is 47.4 Å². The Morgan fingerprint density at radius 2 is 1.52 bits per heavy atom. The highest BCUT2D eigenvalue weighted by Crippen LogP contribution is 2.42. The van der Waals surface area contributed by atoms with Crippen LogP contribution in [0.4, 0.5) is 4.79 Å². The van der Waals surface area contributed by atoms with Crippen LogP contribution in [0.5, 0.6) is 0 Å². The molecule has 0 bridgehead atoms. The molecule has 18 heteroatoms. The smallest absolute Gasteiger partial charge is 0.420 e. The quantitative estimate of drug-likeness (QED) is 0.201. The number of carbonyl (C=O) groups is 5. The molecule has 362 valence electrons. The van der Waals surface area contributed by atoms with E-state index >= 15 is 0 Å². The van der Waals surface area contributed by atoms with Gasteiger partial charge in [-0.05, 0) is 93.5 Å². The highest BCUT2D eigenvalue weighted by atomic mass is 16.7. The summed E-state index contributed by atoms with van der Waals surface area (Å²) in [6.45, 7) is 20.2. The first-order valence-electron chi connectivity index (χ1n) is 22.2. The molecular weight excluding hydrogens is 835 g/mol. The second kappa shape index (κ2) is 21.7. The van der Waals surface area contributed by atoms with E-state index in [0.717, 1.165) is 4.57 Å². The summed E-state index contributed by atoms with van der Waals surface area (Å²) in [5, 5.41) is 0. The Bertz CT molecular complexity index is 1810. The number of rotatable bonds is 11. The van der Waals surface area contributed by atoms with Crippen molar-refractivity contribution in [3.63, 3.8) is 0 Å². The molecule has 3 aliphatic heterocycles. The average molecular weight is 908 g/mol. The van der Waals surface area contributed by atoms with Crippen LogP contribution in [0.3, 0.4) is 0 Å². The number of imidazole rings is 1. The van der Waals surface area contributed by atoms with Crippen molar-refractivity contribution in [3.8, 4) is 0 Å². The van der Waals surface area contributed by atoms with Gasteiger partial charge in [0.25, 0.3) is 0 Å². The van der Waals surface area contributed by atoms with Crippen molar-refractivity contribution in [1.82, 2.24) is 14.5 Å². The van der Waals surface area contributed by atoms with Gasteiger partial charge in [0.05, 0.1) is 42.0 Å². The number of aromatic nitrogens is 2. The topological polar surface area (TPSA) is 199 Å². The predicted octanol–water partition coefficient (Wildman–Crippen LogP) is 5.42. The first-order chi connectivity index (χ1) is 29.8. The molecule has 0 unspecified atom stereocenters. The third kappa shape index (κ3) is 12.2. The van der Waals surface area contributed by atoms with Crippen LogP contribution in [0, 0.1) is 17.8 Å². The molecule has 0 radical (unpaired) electrons. The van der Waals surface area contributed by atoms with Crippen LogP contribution >= 0.6 is 0 Å². The number of cyclic esters (lactones) is 1. The van der Waals surface area contributed by atoms with Gasteiger partial charge < -0.3 is 52.3 Å². The van der Waals surface area contributed by atoms with Gasteiger partial charge in [-0.25, -0.2) is 14.3 Å². The maximum atomic E-state index is 14.8. The van der Waals surface area contributed by atoms with Crippen molar-refractivity contribution >= 4 is 29.8 Å². The molecule has 18 nitrogen and oxygen atoms in total. The zero-order valence-electron chi connectivity index (χ0n) is 40.6. The molecule has 0 saturated carbocycles. The molecule has 1 aromatic rings. The number of carbonyl (C=O) groups excluding carboxylic acids is 5. The molecule has 0 amide bonds. The summed E-state index contributed by atoms with van der Waals surface area (Å²) in [5.41, 5.74) is -3.75. The lowest BCUT2D eigenvalue weighted by molar-refractivity contribution is -0.320. The number of esters is 3. The lowest BCUT2D eigenvalue weighted by atomic mass is 9.76. The van der Waals surface area contributed by atoms with E-state index in [2.05, 4.69) is 4.98 Å². The summed E-state index contributed by atoms with van der Waals surface area (Å²) < 4.78 is 64.5.